The number of nitrogens with zero attached hydrogens (tertiary/aromatic N) is 2. The Kier molecular flexibility index (Phi) is 5.07. The lowest BCUT2D eigenvalue weighted by molar-refractivity contribution is 0.170. The monoisotopic (exact) mass is 316 g/mol. The van der Waals surface area contributed by atoms with Crippen molar-refractivity contribution in [3.8, 4) is 0 Å². The van der Waals surface area contributed by atoms with Gasteiger partial charge in [-0.1, -0.05) is 24.3 Å². The Morgan fingerprint density at radius 2 is 2.00 bits per heavy atom. The Morgan fingerprint density at radius 1 is 1.30 bits per heavy atom. The predicted molar refractivity (Wildman–Crippen MR) is 82.3 cm³/mol. The number of benzene rings is 1. The first-order valence-electron chi connectivity index (χ1n) is 6.74. The minimum atomic E-state index is -3.27. The van der Waals surface area contributed by atoms with Crippen molar-refractivity contribution in [2.45, 2.75) is 24.6 Å². The van der Waals surface area contributed by atoms with Crippen LogP contribution in [0.2, 0.25) is 0 Å². The zero-order valence-electron chi connectivity index (χ0n) is 11.9. The highest BCUT2D eigenvalue weighted by Crippen LogP contribution is 2.18. The fourth-order valence-corrected chi connectivity index (χ4v) is 4.54. The lowest BCUT2D eigenvalue weighted by Gasteiger charge is -2.37. The molecule has 0 radical (unpaired) electrons. The van der Waals surface area contributed by atoms with E-state index in [4.69, 9.17) is 11.6 Å². The van der Waals surface area contributed by atoms with Gasteiger partial charge >= 0.3 is 0 Å². The molecule has 1 aliphatic heterocycles. The maximum absolute atomic E-state index is 12.5. The van der Waals surface area contributed by atoms with Gasteiger partial charge in [0.05, 0.1) is 5.75 Å². The summed E-state index contributed by atoms with van der Waals surface area (Å²) in [6.07, 6.45) is 0. The Balaban J connectivity index is 2.14. The molecule has 0 N–H and O–H groups in total. The standard InChI is InChI=1S/C14H21ClN2O2S/c1-12-10-16(2)6-7-17(12)20(18,19)11-14-5-3-4-13(8-14)9-15/h3-5,8,12H,6-7,9-11H2,1-2H3. The molecular weight excluding hydrogens is 296 g/mol. The van der Waals surface area contributed by atoms with E-state index in [1.54, 1.807) is 4.31 Å². The van der Waals surface area contributed by atoms with Crippen LogP contribution in [-0.4, -0.2) is 50.3 Å². The molecule has 0 amide bonds. The summed E-state index contributed by atoms with van der Waals surface area (Å²) in [6.45, 7) is 4.09. The van der Waals surface area contributed by atoms with Gasteiger partial charge in [-0.2, -0.15) is 4.31 Å². The van der Waals surface area contributed by atoms with Gasteiger partial charge in [0.2, 0.25) is 10.0 Å². The molecule has 4 nitrogen and oxygen atoms in total. The van der Waals surface area contributed by atoms with E-state index in [0.717, 1.165) is 24.2 Å². The van der Waals surface area contributed by atoms with Crippen LogP contribution in [0.5, 0.6) is 0 Å². The van der Waals surface area contributed by atoms with Gasteiger partial charge in [0.25, 0.3) is 0 Å². The summed E-state index contributed by atoms with van der Waals surface area (Å²) < 4.78 is 26.7. The van der Waals surface area contributed by atoms with Crippen molar-refractivity contribution in [3.05, 3.63) is 35.4 Å². The van der Waals surface area contributed by atoms with Gasteiger partial charge < -0.3 is 4.90 Å². The molecule has 0 aromatic heterocycles. The minimum absolute atomic E-state index is 0.0231. The average Bonchev–Trinajstić information content (AvgIpc) is 2.37. The molecule has 0 bridgehead atoms. The largest absolute Gasteiger partial charge is 0.303 e. The van der Waals surface area contributed by atoms with Gasteiger partial charge in [0.1, 0.15) is 0 Å². The van der Waals surface area contributed by atoms with Crippen LogP contribution in [-0.2, 0) is 21.7 Å². The van der Waals surface area contributed by atoms with Crippen LogP contribution in [0.15, 0.2) is 24.3 Å². The molecule has 1 unspecified atom stereocenters. The first kappa shape index (κ1) is 15.8. The second-order valence-electron chi connectivity index (χ2n) is 5.43. The summed E-state index contributed by atoms with van der Waals surface area (Å²) in [5, 5.41) is 0. The van der Waals surface area contributed by atoms with Crippen molar-refractivity contribution in [3.63, 3.8) is 0 Å². The Hall–Kier alpha value is -0.620. The van der Waals surface area contributed by atoms with Crippen LogP contribution >= 0.6 is 11.6 Å². The molecular formula is C14H21ClN2O2S. The Labute approximate surface area is 126 Å². The number of piperazine rings is 1. The van der Waals surface area contributed by atoms with Gasteiger partial charge in [-0.25, -0.2) is 8.42 Å². The molecule has 6 heteroatoms. The molecule has 1 fully saturated rings. The van der Waals surface area contributed by atoms with Crippen LogP contribution in [0.1, 0.15) is 18.1 Å². The number of likely N-dealkylation sites (N-methyl/N-ethyl adjacent to an activating group) is 1. The highest BCUT2D eigenvalue weighted by atomic mass is 35.5. The van der Waals surface area contributed by atoms with Crippen LogP contribution in [0.3, 0.4) is 0 Å². The molecule has 1 heterocycles. The minimum Gasteiger partial charge on any atom is -0.303 e. The smallest absolute Gasteiger partial charge is 0.218 e. The number of alkyl halides is 1. The Morgan fingerprint density at radius 3 is 2.65 bits per heavy atom. The van der Waals surface area contributed by atoms with E-state index in [0.29, 0.717) is 12.4 Å². The average molecular weight is 317 g/mol. The fourth-order valence-electron chi connectivity index (χ4n) is 2.63. The van der Waals surface area contributed by atoms with E-state index < -0.39 is 10.0 Å². The van der Waals surface area contributed by atoms with Crippen LogP contribution in [0.4, 0.5) is 0 Å². The van der Waals surface area contributed by atoms with Crippen molar-refractivity contribution in [2.75, 3.05) is 26.7 Å². The molecule has 0 aliphatic carbocycles. The number of rotatable bonds is 4. The van der Waals surface area contributed by atoms with Crippen molar-refractivity contribution >= 4 is 21.6 Å². The summed E-state index contributed by atoms with van der Waals surface area (Å²) in [4.78, 5) is 2.16. The summed E-state index contributed by atoms with van der Waals surface area (Å²) in [7, 11) is -1.25. The third-order valence-electron chi connectivity index (χ3n) is 3.62. The number of hydrogen-bond acceptors (Lipinski definition) is 3. The second-order valence-corrected chi connectivity index (χ2v) is 7.62. The highest BCUT2D eigenvalue weighted by Gasteiger charge is 2.31. The maximum Gasteiger partial charge on any atom is 0.218 e. The van der Waals surface area contributed by atoms with E-state index in [-0.39, 0.29) is 11.8 Å². The van der Waals surface area contributed by atoms with Gasteiger partial charge in [-0.15, -0.1) is 11.6 Å². The summed E-state index contributed by atoms with van der Waals surface area (Å²) in [5.41, 5.74) is 1.75. The van der Waals surface area contributed by atoms with Crippen molar-refractivity contribution in [2.24, 2.45) is 0 Å². The van der Waals surface area contributed by atoms with Crippen LogP contribution in [0.25, 0.3) is 0 Å². The third-order valence-corrected chi connectivity index (χ3v) is 5.89. The molecule has 112 valence electrons. The van der Waals surface area contributed by atoms with Crippen molar-refractivity contribution in [1.82, 2.24) is 9.21 Å². The SMILES string of the molecule is CC1CN(C)CCN1S(=O)(=O)Cc1cccc(CCl)c1. The van der Waals surface area contributed by atoms with E-state index in [9.17, 15) is 8.42 Å². The first-order chi connectivity index (χ1) is 9.42. The molecule has 0 saturated carbocycles. The second kappa shape index (κ2) is 6.43. The highest BCUT2D eigenvalue weighted by molar-refractivity contribution is 7.88. The molecule has 1 atom stereocenters. The molecule has 1 aromatic carbocycles. The molecule has 1 aromatic rings. The third kappa shape index (κ3) is 3.73. The topological polar surface area (TPSA) is 40.6 Å². The van der Waals surface area contributed by atoms with Gasteiger partial charge in [0.15, 0.2) is 0 Å². The van der Waals surface area contributed by atoms with E-state index in [2.05, 4.69) is 4.90 Å². The first-order valence-corrected chi connectivity index (χ1v) is 8.88. The fraction of sp³-hybridized carbons (Fsp3) is 0.571. The van der Waals surface area contributed by atoms with E-state index in [1.165, 1.54) is 0 Å². The molecule has 20 heavy (non-hydrogen) atoms. The van der Waals surface area contributed by atoms with Crippen molar-refractivity contribution < 1.29 is 8.42 Å². The number of halogens is 1. The summed E-state index contributed by atoms with van der Waals surface area (Å²) >= 11 is 5.79. The number of sulfonamides is 1. The predicted octanol–water partition coefficient (Wildman–Crippen LogP) is 1.89. The summed E-state index contributed by atoms with van der Waals surface area (Å²) in [6, 6.07) is 7.49. The lowest BCUT2D eigenvalue weighted by atomic mass is 10.2. The quantitative estimate of drug-likeness (QED) is 0.797. The van der Waals surface area contributed by atoms with Gasteiger partial charge in [-0.05, 0) is 25.1 Å². The summed E-state index contributed by atoms with van der Waals surface area (Å²) in [5.74, 6) is 0.449. The van der Waals surface area contributed by atoms with Crippen LogP contribution < -0.4 is 0 Å². The normalized spacial score (nSPS) is 22.1. The van der Waals surface area contributed by atoms with Crippen LogP contribution in [0, 0.1) is 0 Å². The zero-order chi connectivity index (χ0) is 14.8. The molecule has 1 aliphatic rings. The zero-order valence-corrected chi connectivity index (χ0v) is 13.5. The number of hydrogen-bond donors (Lipinski definition) is 0. The maximum atomic E-state index is 12.5. The van der Waals surface area contributed by atoms with E-state index >= 15 is 0 Å². The lowest BCUT2D eigenvalue weighted by Crippen LogP contribution is -2.52. The molecule has 0 spiro atoms. The molecule has 2 rings (SSSR count). The van der Waals surface area contributed by atoms with E-state index in [1.807, 2.05) is 38.2 Å². The molecule has 1 saturated heterocycles. The van der Waals surface area contributed by atoms with Crippen molar-refractivity contribution in [1.29, 1.82) is 0 Å². The van der Waals surface area contributed by atoms with Gasteiger partial charge in [0, 0.05) is 31.6 Å². The Bertz CT molecular complexity index is 562. The van der Waals surface area contributed by atoms with Gasteiger partial charge in [-0.3, -0.25) is 0 Å².